The molecule has 1 fully saturated rings. The summed E-state index contributed by atoms with van der Waals surface area (Å²) >= 11 is 1.63. The molecule has 0 spiro atoms. The Hall–Kier alpha value is -1.88. The Morgan fingerprint density at radius 3 is 3.14 bits per heavy atom. The van der Waals surface area contributed by atoms with Crippen molar-refractivity contribution in [1.82, 2.24) is 10.3 Å². The SMILES string of the molecule is Cc1cccc(N2CCC[C@@H](NC(=O)Cc3ccsc3)C2)n1. The van der Waals surface area contributed by atoms with Crippen LogP contribution in [-0.2, 0) is 11.2 Å². The highest BCUT2D eigenvalue weighted by molar-refractivity contribution is 7.07. The Bertz CT molecular complexity index is 627. The van der Waals surface area contributed by atoms with Crippen molar-refractivity contribution < 1.29 is 4.79 Å². The lowest BCUT2D eigenvalue weighted by Gasteiger charge is -2.34. The van der Waals surface area contributed by atoms with E-state index < -0.39 is 0 Å². The zero-order valence-corrected chi connectivity index (χ0v) is 13.6. The maximum absolute atomic E-state index is 12.1. The molecule has 5 heteroatoms. The molecule has 1 aliphatic rings. The fourth-order valence-corrected chi connectivity index (χ4v) is 3.53. The Kier molecular flexibility index (Phi) is 4.73. The van der Waals surface area contributed by atoms with Gasteiger partial charge < -0.3 is 10.2 Å². The van der Waals surface area contributed by atoms with Crippen LogP contribution in [0.25, 0.3) is 0 Å². The highest BCUT2D eigenvalue weighted by Gasteiger charge is 2.22. The number of carbonyl (C=O) groups is 1. The van der Waals surface area contributed by atoms with E-state index in [9.17, 15) is 4.79 Å². The molecular weight excluding hydrogens is 294 g/mol. The third-order valence-electron chi connectivity index (χ3n) is 3.93. The molecule has 1 aliphatic heterocycles. The molecule has 1 amide bonds. The first-order chi connectivity index (χ1) is 10.7. The number of aromatic nitrogens is 1. The van der Waals surface area contributed by atoms with E-state index in [1.54, 1.807) is 11.3 Å². The zero-order chi connectivity index (χ0) is 15.4. The van der Waals surface area contributed by atoms with E-state index in [2.05, 4.69) is 15.2 Å². The van der Waals surface area contributed by atoms with Crippen LogP contribution in [0, 0.1) is 6.92 Å². The van der Waals surface area contributed by atoms with Crippen molar-refractivity contribution in [3.05, 3.63) is 46.3 Å². The maximum Gasteiger partial charge on any atom is 0.224 e. The Morgan fingerprint density at radius 2 is 2.36 bits per heavy atom. The van der Waals surface area contributed by atoms with Crippen LogP contribution in [0.5, 0.6) is 0 Å². The summed E-state index contributed by atoms with van der Waals surface area (Å²) < 4.78 is 0. The molecule has 2 aromatic heterocycles. The number of nitrogens with one attached hydrogen (secondary N) is 1. The molecule has 1 saturated heterocycles. The second-order valence-corrected chi connectivity index (χ2v) is 6.58. The number of nitrogens with zero attached hydrogens (tertiary/aromatic N) is 2. The van der Waals surface area contributed by atoms with Crippen LogP contribution in [0.3, 0.4) is 0 Å². The molecule has 4 nitrogen and oxygen atoms in total. The minimum Gasteiger partial charge on any atom is -0.355 e. The molecule has 0 bridgehead atoms. The molecule has 1 atom stereocenters. The maximum atomic E-state index is 12.1. The Morgan fingerprint density at radius 1 is 1.45 bits per heavy atom. The number of thiophene rings is 1. The monoisotopic (exact) mass is 315 g/mol. The van der Waals surface area contributed by atoms with Crippen LogP contribution in [0.2, 0.25) is 0 Å². The van der Waals surface area contributed by atoms with Gasteiger partial charge in [-0.3, -0.25) is 4.79 Å². The van der Waals surface area contributed by atoms with Gasteiger partial charge in [-0.25, -0.2) is 4.98 Å². The second kappa shape index (κ2) is 6.92. The summed E-state index contributed by atoms with van der Waals surface area (Å²) in [5.41, 5.74) is 2.12. The van der Waals surface area contributed by atoms with Gasteiger partial charge in [-0.05, 0) is 54.3 Å². The topological polar surface area (TPSA) is 45.2 Å². The van der Waals surface area contributed by atoms with Gasteiger partial charge in [0.15, 0.2) is 0 Å². The van der Waals surface area contributed by atoms with Crippen molar-refractivity contribution in [3.63, 3.8) is 0 Å². The van der Waals surface area contributed by atoms with Gasteiger partial charge >= 0.3 is 0 Å². The van der Waals surface area contributed by atoms with Crippen molar-refractivity contribution in [2.75, 3.05) is 18.0 Å². The summed E-state index contributed by atoms with van der Waals surface area (Å²) in [5.74, 6) is 1.12. The molecule has 2 aromatic rings. The first kappa shape index (κ1) is 15.0. The van der Waals surface area contributed by atoms with Crippen molar-refractivity contribution >= 4 is 23.1 Å². The number of piperidine rings is 1. The van der Waals surface area contributed by atoms with Crippen LogP contribution < -0.4 is 10.2 Å². The molecule has 22 heavy (non-hydrogen) atoms. The quantitative estimate of drug-likeness (QED) is 0.943. The number of rotatable bonds is 4. The predicted molar refractivity (Wildman–Crippen MR) is 90.4 cm³/mol. The lowest BCUT2D eigenvalue weighted by molar-refractivity contribution is -0.121. The van der Waals surface area contributed by atoms with E-state index in [1.165, 1.54) is 0 Å². The van der Waals surface area contributed by atoms with Crippen molar-refractivity contribution in [2.45, 2.75) is 32.2 Å². The minimum absolute atomic E-state index is 0.113. The summed E-state index contributed by atoms with van der Waals surface area (Å²) in [7, 11) is 0. The van der Waals surface area contributed by atoms with Gasteiger partial charge in [0.05, 0.1) is 6.42 Å². The van der Waals surface area contributed by atoms with Crippen molar-refractivity contribution in [3.8, 4) is 0 Å². The molecule has 0 saturated carbocycles. The lowest BCUT2D eigenvalue weighted by Crippen LogP contribution is -2.48. The van der Waals surface area contributed by atoms with E-state index in [4.69, 9.17) is 0 Å². The average molecular weight is 315 g/mol. The van der Waals surface area contributed by atoms with Gasteiger partial charge in [0.2, 0.25) is 5.91 Å². The number of carbonyl (C=O) groups excluding carboxylic acids is 1. The number of aryl methyl sites for hydroxylation is 1. The summed E-state index contributed by atoms with van der Waals surface area (Å²) in [4.78, 5) is 19.0. The van der Waals surface area contributed by atoms with Gasteiger partial charge in [-0.2, -0.15) is 11.3 Å². The standard InChI is InChI=1S/C17H21N3OS/c1-13-4-2-6-16(18-13)20-8-3-5-15(11-20)19-17(21)10-14-7-9-22-12-14/h2,4,6-7,9,12,15H,3,5,8,10-11H2,1H3,(H,19,21)/t15-/m1/s1. The van der Waals surface area contributed by atoms with Crippen LogP contribution in [0.15, 0.2) is 35.0 Å². The van der Waals surface area contributed by atoms with Gasteiger partial charge in [-0.1, -0.05) is 6.07 Å². The molecule has 0 aromatic carbocycles. The van der Waals surface area contributed by atoms with Crippen LogP contribution in [-0.4, -0.2) is 30.0 Å². The first-order valence-electron chi connectivity index (χ1n) is 7.70. The summed E-state index contributed by atoms with van der Waals surface area (Å²) in [5, 5.41) is 7.21. The molecular formula is C17H21N3OS. The van der Waals surface area contributed by atoms with Crippen molar-refractivity contribution in [2.24, 2.45) is 0 Å². The minimum atomic E-state index is 0.113. The lowest BCUT2D eigenvalue weighted by atomic mass is 10.1. The van der Waals surface area contributed by atoms with E-state index in [-0.39, 0.29) is 11.9 Å². The Balaban J connectivity index is 1.57. The molecule has 3 heterocycles. The fourth-order valence-electron chi connectivity index (χ4n) is 2.87. The molecule has 116 valence electrons. The summed E-state index contributed by atoms with van der Waals surface area (Å²) in [6, 6.07) is 8.31. The molecule has 0 aliphatic carbocycles. The van der Waals surface area contributed by atoms with Gasteiger partial charge in [-0.15, -0.1) is 0 Å². The number of pyridine rings is 1. The largest absolute Gasteiger partial charge is 0.355 e. The predicted octanol–water partition coefficient (Wildman–Crippen LogP) is 2.78. The third-order valence-corrected chi connectivity index (χ3v) is 4.66. The van der Waals surface area contributed by atoms with Crippen LogP contribution in [0.4, 0.5) is 5.82 Å². The molecule has 0 radical (unpaired) electrons. The number of anilines is 1. The van der Waals surface area contributed by atoms with Crippen LogP contribution in [0.1, 0.15) is 24.1 Å². The van der Waals surface area contributed by atoms with E-state index in [0.29, 0.717) is 6.42 Å². The van der Waals surface area contributed by atoms with Crippen molar-refractivity contribution in [1.29, 1.82) is 0 Å². The first-order valence-corrected chi connectivity index (χ1v) is 8.64. The fraction of sp³-hybridized carbons (Fsp3) is 0.412. The third kappa shape index (κ3) is 3.85. The summed E-state index contributed by atoms with van der Waals surface area (Å²) in [6.45, 7) is 3.85. The normalized spacial score (nSPS) is 18.2. The highest BCUT2D eigenvalue weighted by Crippen LogP contribution is 2.18. The smallest absolute Gasteiger partial charge is 0.224 e. The van der Waals surface area contributed by atoms with Gasteiger partial charge in [0.1, 0.15) is 5.82 Å². The number of hydrogen-bond acceptors (Lipinski definition) is 4. The highest BCUT2D eigenvalue weighted by atomic mass is 32.1. The van der Waals surface area contributed by atoms with E-state index >= 15 is 0 Å². The second-order valence-electron chi connectivity index (χ2n) is 5.80. The van der Waals surface area contributed by atoms with Gasteiger partial charge in [0, 0.05) is 24.8 Å². The molecule has 3 rings (SSSR count). The van der Waals surface area contributed by atoms with E-state index in [1.807, 2.05) is 41.9 Å². The average Bonchev–Trinajstić information content (AvgIpc) is 3.00. The van der Waals surface area contributed by atoms with Gasteiger partial charge in [0.25, 0.3) is 0 Å². The molecule has 1 N–H and O–H groups in total. The van der Waals surface area contributed by atoms with E-state index in [0.717, 1.165) is 43.0 Å². The molecule has 0 unspecified atom stereocenters. The number of amides is 1. The zero-order valence-electron chi connectivity index (χ0n) is 12.8. The Labute approximate surface area is 135 Å². The van der Waals surface area contributed by atoms with Crippen LogP contribution >= 0.6 is 11.3 Å². The summed E-state index contributed by atoms with van der Waals surface area (Å²) in [6.07, 6.45) is 2.60. The number of hydrogen-bond donors (Lipinski definition) is 1.